The first-order valence-corrected chi connectivity index (χ1v) is 9.30. The maximum atomic E-state index is 12.3. The minimum atomic E-state index is -0.653. The van der Waals surface area contributed by atoms with Gasteiger partial charge in [0.15, 0.2) is 0 Å². The molecule has 1 heterocycles. The second kappa shape index (κ2) is 8.93. The molecule has 1 aliphatic heterocycles. The van der Waals surface area contributed by atoms with E-state index in [1.54, 1.807) is 48.5 Å². The van der Waals surface area contributed by atoms with Crippen molar-refractivity contribution >= 4 is 46.7 Å². The molecule has 0 spiro atoms. The lowest BCUT2D eigenvalue weighted by atomic mass is 10.2. The summed E-state index contributed by atoms with van der Waals surface area (Å²) in [5.74, 6) is -1.06. The van der Waals surface area contributed by atoms with E-state index in [0.29, 0.717) is 27.6 Å². The van der Waals surface area contributed by atoms with Gasteiger partial charge in [0.1, 0.15) is 24.4 Å². The molecule has 3 atom stereocenters. The number of ether oxygens (including phenoxy) is 3. The lowest BCUT2D eigenvalue weighted by molar-refractivity contribution is -0.0322. The topological polar surface area (TPSA) is 61.8 Å². The van der Waals surface area contributed by atoms with Crippen LogP contribution < -0.4 is 0 Å². The molecule has 0 radical (unpaired) electrons. The second-order valence-electron chi connectivity index (χ2n) is 5.88. The standard InChI is InChI=1S/C19H15Cl3O5/c20-13-5-1-11(2-6-13)18(23)25-10-16-15(9-17(22)26-16)27-19(24)12-3-7-14(21)8-4-12/h1-8,15-17H,9-10H2/t15-,16+,17-/m1/s1. The van der Waals surface area contributed by atoms with E-state index in [4.69, 9.17) is 49.0 Å². The molecule has 0 N–H and O–H groups in total. The number of halogens is 3. The molecular weight excluding hydrogens is 415 g/mol. The van der Waals surface area contributed by atoms with Gasteiger partial charge in [0.05, 0.1) is 11.1 Å². The van der Waals surface area contributed by atoms with Gasteiger partial charge in [-0.2, -0.15) is 0 Å². The molecule has 3 rings (SSSR count). The Balaban J connectivity index is 1.58. The minimum Gasteiger partial charge on any atom is -0.459 e. The maximum Gasteiger partial charge on any atom is 0.338 e. The van der Waals surface area contributed by atoms with Gasteiger partial charge < -0.3 is 14.2 Å². The molecule has 0 saturated carbocycles. The predicted molar refractivity (Wildman–Crippen MR) is 102 cm³/mol. The first-order chi connectivity index (χ1) is 12.9. The summed E-state index contributed by atoms with van der Waals surface area (Å²) in [6, 6.07) is 12.6. The molecular formula is C19H15Cl3O5. The summed E-state index contributed by atoms with van der Waals surface area (Å²) in [4.78, 5) is 24.4. The molecule has 1 fully saturated rings. The fourth-order valence-corrected chi connectivity index (χ4v) is 3.12. The molecule has 0 aliphatic carbocycles. The average Bonchev–Trinajstić information content (AvgIpc) is 3.00. The first kappa shape index (κ1) is 20.0. The zero-order valence-corrected chi connectivity index (χ0v) is 16.2. The van der Waals surface area contributed by atoms with Crippen LogP contribution in [-0.4, -0.2) is 36.3 Å². The average molecular weight is 430 g/mol. The van der Waals surface area contributed by atoms with Crippen LogP contribution in [0.25, 0.3) is 0 Å². The molecule has 0 unspecified atom stereocenters. The number of hydrogen-bond acceptors (Lipinski definition) is 5. The van der Waals surface area contributed by atoms with Crippen LogP contribution in [0.1, 0.15) is 27.1 Å². The van der Waals surface area contributed by atoms with Crippen molar-refractivity contribution < 1.29 is 23.8 Å². The minimum absolute atomic E-state index is 0.0940. The predicted octanol–water partition coefficient (Wildman–Crippen LogP) is 4.73. The highest BCUT2D eigenvalue weighted by atomic mass is 35.5. The van der Waals surface area contributed by atoms with Gasteiger partial charge in [-0.05, 0) is 48.5 Å². The number of rotatable bonds is 5. The Morgan fingerprint density at radius 3 is 2.00 bits per heavy atom. The van der Waals surface area contributed by atoms with Gasteiger partial charge >= 0.3 is 11.9 Å². The van der Waals surface area contributed by atoms with Crippen LogP contribution in [-0.2, 0) is 14.2 Å². The van der Waals surface area contributed by atoms with Crippen LogP contribution in [0.2, 0.25) is 10.0 Å². The van der Waals surface area contributed by atoms with Crippen LogP contribution in [0.5, 0.6) is 0 Å². The largest absolute Gasteiger partial charge is 0.459 e. The van der Waals surface area contributed by atoms with Crippen molar-refractivity contribution in [2.75, 3.05) is 6.61 Å². The lowest BCUT2D eigenvalue weighted by Gasteiger charge is -2.19. The van der Waals surface area contributed by atoms with Crippen LogP contribution in [0.15, 0.2) is 48.5 Å². The van der Waals surface area contributed by atoms with E-state index in [1.165, 1.54) is 0 Å². The second-order valence-corrected chi connectivity index (χ2v) is 7.24. The normalized spacial score (nSPS) is 21.7. The van der Waals surface area contributed by atoms with Gasteiger partial charge in [-0.3, -0.25) is 0 Å². The van der Waals surface area contributed by atoms with E-state index in [0.717, 1.165) is 0 Å². The van der Waals surface area contributed by atoms with Gasteiger partial charge in [0.25, 0.3) is 0 Å². The van der Waals surface area contributed by atoms with E-state index in [-0.39, 0.29) is 6.61 Å². The summed E-state index contributed by atoms with van der Waals surface area (Å²) >= 11 is 17.6. The highest BCUT2D eigenvalue weighted by Gasteiger charge is 2.38. The zero-order valence-electron chi connectivity index (χ0n) is 13.9. The highest BCUT2D eigenvalue weighted by Crippen LogP contribution is 2.27. The first-order valence-electron chi connectivity index (χ1n) is 8.11. The van der Waals surface area contributed by atoms with Crippen molar-refractivity contribution in [1.82, 2.24) is 0 Å². The summed E-state index contributed by atoms with van der Waals surface area (Å²) in [7, 11) is 0. The Morgan fingerprint density at radius 1 is 0.926 bits per heavy atom. The van der Waals surface area contributed by atoms with Crippen LogP contribution >= 0.6 is 34.8 Å². The molecule has 1 aliphatic rings. The van der Waals surface area contributed by atoms with Gasteiger partial charge in [0.2, 0.25) is 0 Å². The Bertz CT molecular complexity index is 807. The number of alkyl halides is 1. The maximum absolute atomic E-state index is 12.3. The van der Waals surface area contributed by atoms with Crippen LogP contribution in [0.4, 0.5) is 0 Å². The van der Waals surface area contributed by atoms with Crippen molar-refractivity contribution in [2.24, 2.45) is 0 Å². The van der Waals surface area contributed by atoms with E-state index in [2.05, 4.69) is 0 Å². The molecule has 2 aromatic rings. The summed E-state index contributed by atoms with van der Waals surface area (Å²) < 4.78 is 16.2. The number of esters is 2. The molecule has 5 nitrogen and oxygen atoms in total. The molecule has 1 saturated heterocycles. The zero-order chi connectivity index (χ0) is 19.4. The third-order valence-corrected chi connectivity index (χ3v) is 4.74. The van der Waals surface area contributed by atoms with E-state index in [1.807, 2.05) is 0 Å². The quantitative estimate of drug-likeness (QED) is 0.508. The van der Waals surface area contributed by atoms with Crippen LogP contribution in [0.3, 0.4) is 0 Å². The molecule has 0 amide bonds. The van der Waals surface area contributed by atoms with Gasteiger partial charge in [-0.1, -0.05) is 34.8 Å². The van der Waals surface area contributed by atoms with Crippen molar-refractivity contribution in [2.45, 2.75) is 24.2 Å². The van der Waals surface area contributed by atoms with E-state index in [9.17, 15) is 9.59 Å². The van der Waals surface area contributed by atoms with Crippen molar-refractivity contribution in [1.29, 1.82) is 0 Å². The number of hydrogen-bond donors (Lipinski definition) is 0. The Morgan fingerprint density at radius 2 is 1.44 bits per heavy atom. The molecule has 142 valence electrons. The third-order valence-electron chi connectivity index (χ3n) is 3.95. The summed E-state index contributed by atoms with van der Waals surface area (Å²) in [5, 5.41) is 1.04. The monoisotopic (exact) mass is 428 g/mol. The third kappa shape index (κ3) is 5.36. The SMILES string of the molecule is O=C(OC[C@@H]1O[C@@H](Cl)C[C@H]1OC(=O)c1ccc(Cl)cc1)c1ccc(Cl)cc1. The van der Waals surface area contributed by atoms with Crippen molar-refractivity contribution in [3.8, 4) is 0 Å². The summed E-state index contributed by atoms with van der Waals surface area (Å²) in [6.45, 7) is -0.0940. The van der Waals surface area contributed by atoms with Gasteiger partial charge in [0, 0.05) is 16.5 Å². The molecule has 2 aromatic carbocycles. The summed E-state index contributed by atoms with van der Waals surface area (Å²) in [5.41, 5.74) is 0.0797. The number of carbonyl (C=O) groups is 2. The molecule has 0 aromatic heterocycles. The Hall–Kier alpha value is -1.79. The smallest absolute Gasteiger partial charge is 0.338 e. The van der Waals surface area contributed by atoms with E-state index < -0.39 is 29.7 Å². The highest BCUT2D eigenvalue weighted by molar-refractivity contribution is 6.31. The fourth-order valence-electron chi connectivity index (χ4n) is 2.56. The number of carbonyl (C=O) groups excluding carboxylic acids is 2. The van der Waals surface area contributed by atoms with Gasteiger partial charge in [-0.15, -0.1) is 0 Å². The summed E-state index contributed by atoms with van der Waals surface area (Å²) in [6.07, 6.45) is -0.988. The van der Waals surface area contributed by atoms with Gasteiger partial charge in [-0.25, -0.2) is 9.59 Å². The Kier molecular flexibility index (Phi) is 6.60. The molecule has 8 heteroatoms. The van der Waals surface area contributed by atoms with Crippen molar-refractivity contribution in [3.05, 3.63) is 69.7 Å². The van der Waals surface area contributed by atoms with Crippen LogP contribution in [0, 0.1) is 0 Å². The number of benzene rings is 2. The lowest BCUT2D eigenvalue weighted by Crippen LogP contribution is -2.32. The Labute approximate surface area is 171 Å². The molecule has 27 heavy (non-hydrogen) atoms. The van der Waals surface area contributed by atoms with Crippen molar-refractivity contribution in [3.63, 3.8) is 0 Å². The van der Waals surface area contributed by atoms with E-state index >= 15 is 0 Å². The molecule has 0 bridgehead atoms. The fraction of sp³-hybridized carbons (Fsp3) is 0.263.